The van der Waals surface area contributed by atoms with Gasteiger partial charge in [-0.25, -0.2) is 0 Å². The maximum atomic E-state index is 11.1. The Morgan fingerprint density at radius 1 is 1.45 bits per heavy atom. The minimum Gasteiger partial charge on any atom is -0.493 e. The molecule has 1 heterocycles. The number of rotatable bonds is 7. The number of amides is 1. The van der Waals surface area contributed by atoms with Gasteiger partial charge >= 0.3 is 0 Å². The molecule has 0 spiro atoms. The number of unbranched alkanes of at least 4 members (excludes halogenated alkanes) is 2. The van der Waals surface area contributed by atoms with Crippen molar-refractivity contribution in [3.63, 3.8) is 0 Å². The van der Waals surface area contributed by atoms with Crippen LogP contribution in [0.2, 0.25) is 0 Å². The number of carbonyl (C=O) groups excluding carboxylic acids is 1. The predicted octanol–water partition coefficient (Wildman–Crippen LogP) is 3.57. The summed E-state index contributed by atoms with van der Waals surface area (Å²) < 4.78 is 6.75. The quantitative estimate of drug-likeness (QED) is 0.444. The van der Waals surface area contributed by atoms with E-state index in [0.29, 0.717) is 17.5 Å². The number of thioether (sulfide) groups is 1. The van der Waals surface area contributed by atoms with Gasteiger partial charge in [-0.15, -0.1) is 5.10 Å². The highest BCUT2D eigenvalue weighted by Gasteiger charge is 2.15. The van der Waals surface area contributed by atoms with Crippen LogP contribution in [-0.2, 0) is 4.79 Å². The van der Waals surface area contributed by atoms with Crippen molar-refractivity contribution in [3.8, 4) is 5.75 Å². The lowest BCUT2D eigenvalue weighted by molar-refractivity contribution is -0.116. The highest BCUT2D eigenvalue weighted by molar-refractivity contribution is 9.10. The molecule has 1 aromatic carbocycles. The molecule has 1 saturated heterocycles. The summed E-state index contributed by atoms with van der Waals surface area (Å²) >= 11 is 4.79. The normalized spacial score (nSPS) is 16.5. The molecule has 1 amide bonds. The SMILES string of the molecule is CCCCCOc1ccc(Br)cc1C=NN=C1NC(=O)CS1. The van der Waals surface area contributed by atoms with E-state index in [4.69, 9.17) is 4.74 Å². The number of benzene rings is 1. The second-order valence-corrected chi connectivity index (χ2v) is 6.60. The van der Waals surface area contributed by atoms with E-state index < -0.39 is 0 Å². The average Bonchev–Trinajstić information content (AvgIpc) is 2.91. The van der Waals surface area contributed by atoms with Crippen LogP contribution in [0, 0.1) is 0 Å². The van der Waals surface area contributed by atoms with Crippen molar-refractivity contribution < 1.29 is 9.53 Å². The molecule has 22 heavy (non-hydrogen) atoms. The van der Waals surface area contributed by atoms with Crippen LogP contribution < -0.4 is 10.1 Å². The number of hydrogen-bond acceptors (Lipinski definition) is 5. The summed E-state index contributed by atoms with van der Waals surface area (Å²) in [6, 6.07) is 5.78. The van der Waals surface area contributed by atoms with Crippen molar-refractivity contribution in [2.24, 2.45) is 10.2 Å². The van der Waals surface area contributed by atoms with E-state index in [1.807, 2.05) is 18.2 Å². The molecule has 7 heteroatoms. The molecule has 5 nitrogen and oxygen atoms in total. The van der Waals surface area contributed by atoms with Crippen LogP contribution in [0.15, 0.2) is 32.9 Å². The van der Waals surface area contributed by atoms with Gasteiger partial charge < -0.3 is 10.1 Å². The summed E-state index contributed by atoms with van der Waals surface area (Å²) in [5.74, 6) is 1.14. The molecule has 1 aromatic rings. The third kappa shape index (κ3) is 5.46. The summed E-state index contributed by atoms with van der Waals surface area (Å²) in [5.41, 5.74) is 0.851. The van der Waals surface area contributed by atoms with Crippen LogP contribution in [0.5, 0.6) is 5.75 Å². The summed E-state index contributed by atoms with van der Waals surface area (Å²) in [5, 5.41) is 11.2. The molecular weight excluding hydrogens is 366 g/mol. The maximum Gasteiger partial charge on any atom is 0.236 e. The fourth-order valence-electron chi connectivity index (χ4n) is 1.81. The Labute approximate surface area is 142 Å². The number of nitrogens with zero attached hydrogens (tertiary/aromatic N) is 2. The fourth-order valence-corrected chi connectivity index (χ4v) is 2.82. The smallest absolute Gasteiger partial charge is 0.236 e. The molecular formula is C15H18BrN3O2S. The van der Waals surface area contributed by atoms with Crippen LogP contribution in [0.1, 0.15) is 31.7 Å². The zero-order chi connectivity index (χ0) is 15.8. The van der Waals surface area contributed by atoms with Gasteiger partial charge in [-0.3, -0.25) is 4.79 Å². The van der Waals surface area contributed by atoms with Gasteiger partial charge in [0.05, 0.1) is 18.6 Å². The van der Waals surface area contributed by atoms with Crippen molar-refractivity contribution >= 4 is 45.0 Å². The van der Waals surface area contributed by atoms with Gasteiger partial charge in [-0.1, -0.05) is 47.5 Å². The van der Waals surface area contributed by atoms with Gasteiger partial charge in [0.25, 0.3) is 0 Å². The van der Waals surface area contributed by atoms with E-state index in [9.17, 15) is 4.79 Å². The topological polar surface area (TPSA) is 63.1 Å². The third-order valence-electron chi connectivity index (χ3n) is 2.91. The Hall–Kier alpha value is -1.34. The molecule has 1 fully saturated rings. The lowest BCUT2D eigenvalue weighted by atomic mass is 10.2. The number of halogens is 1. The van der Waals surface area contributed by atoms with Crippen LogP contribution in [0.3, 0.4) is 0 Å². The van der Waals surface area contributed by atoms with Crippen molar-refractivity contribution in [3.05, 3.63) is 28.2 Å². The highest BCUT2D eigenvalue weighted by Crippen LogP contribution is 2.22. The molecule has 1 aliphatic heterocycles. The standard InChI is InChI=1S/C15H18BrN3O2S/c1-2-3-4-7-21-13-6-5-12(16)8-11(13)9-17-19-15-18-14(20)10-22-15/h5-6,8-9H,2-4,7,10H2,1H3,(H,18,19,20). The molecule has 0 bridgehead atoms. The lowest BCUT2D eigenvalue weighted by Crippen LogP contribution is -2.19. The maximum absolute atomic E-state index is 11.1. The Bertz CT molecular complexity index is 590. The van der Waals surface area contributed by atoms with Crippen molar-refractivity contribution in [2.45, 2.75) is 26.2 Å². The first-order valence-corrected chi connectivity index (χ1v) is 8.93. The van der Waals surface area contributed by atoms with Gasteiger partial charge in [0, 0.05) is 10.0 Å². The first-order valence-electron chi connectivity index (χ1n) is 7.15. The van der Waals surface area contributed by atoms with Crippen LogP contribution in [-0.4, -0.2) is 29.6 Å². The average molecular weight is 384 g/mol. The third-order valence-corrected chi connectivity index (χ3v) is 4.27. The molecule has 1 N–H and O–H groups in total. The van der Waals surface area contributed by atoms with E-state index in [0.717, 1.165) is 28.6 Å². The Balaban J connectivity index is 2.01. The van der Waals surface area contributed by atoms with Gasteiger partial charge in [-0.2, -0.15) is 5.10 Å². The van der Waals surface area contributed by atoms with Crippen LogP contribution >= 0.6 is 27.7 Å². The Morgan fingerprint density at radius 3 is 3.05 bits per heavy atom. The van der Waals surface area contributed by atoms with E-state index in [1.54, 1.807) is 6.21 Å². The minimum atomic E-state index is -0.0404. The molecule has 2 rings (SSSR count). The second kappa shape index (κ2) is 8.95. The molecule has 0 saturated carbocycles. The van der Waals surface area contributed by atoms with Gasteiger partial charge in [0.2, 0.25) is 5.91 Å². The fraction of sp³-hybridized carbons (Fsp3) is 0.400. The summed E-state index contributed by atoms with van der Waals surface area (Å²) in [6.07, 6.45) is 5.00. The zero-order valence-electron chi connectivity index (χ0n) is 12.3. The molecule has 0 radical (unpaired) electrons. The number of amidine groups is 1. The molecule has 1 aliphatic rings. The Morgan fingerprint density at radius 2 is 2.32 bits per heavy atom. The number of carbonyl (C=O) groups is 1. The van der Waals surface area contributed by atoms with E-state index in [1.165, 1.54) is 18.2 Å². The monoisotopic (exact) mass is 383 g/mol. The number of ether oxygens (including phenoxy) is 1. The van der Waals surface area contributed by atoms with E-state index in [2.05, 4.69) is 38.4 Å². The molecule has 118 valence electrons. The second-order valence-electron chi connectivity index (χ2n) is 4.72. The van der Waals surface area contributed by atoms with E-state index >= 15 is 0 Å². The largest absolute Gasteiger partial charge is 0.493 e. The Kier molecular flexibility index (Phi) is 6.92. The van der Waals surface area contributed by atoms with Crippen molar-refractivity contribution in [2.75, 3.05) is 12.4 Å². The van der Waals surface area contributed by atoms with Crippen molar-refractivity contribution in [1.29, 1.82) is 0 Å². The molecule has 0 aliphatic carbocycles. The van der Waals surface area contributed by atoms with Gasteiger partial charge in [-0.05, 0) is 24.6 Å². The number of hydrogen-bond donors (Lipinski definition) is 1. The molecule has 0 unspecified atom stereocenters. The zero-order valence-corrected chi connectivity index (χ0v) is 14.7. The van der Waals surface area contributed by atoms with Gasteiger partial charge in [0.15, 0.2) is 5.17 Å². The first kappa shape index (κ1) is 17.0. The first-order chi connectivity index (χ1) is 10.7. The summed E-state index contributed by atoms with van der Waals surface area (Å²) in [6.45, 7) is 2.85. The predicted molar refractivity (Wildman–Crippen MR) is 94.8 cm³/mol. The molecule has 0 aromatic heterocycles. The van der Waals surface area contributed by atoms with Crippen molar-refractivity contribution in [1.82, 2.24) is 5.32 Å². The lowest BCUT2D eigenvalue weighted by Gasteiger charge is -2.08. The summed E-state index contributed by atoms with van der Waals surface area (Å²) in [7, 11) is 0. The minimum absolute atomic E-state index is 0.0404. The number of nitrogens with one attached hydrogen (secondary N) is 1. The molecule has 0 atom stereocenters. The van der Waals surface area contributed by atoms with E-state index in [-0.39, 0.29) is 5.91 Å². The van der Waals surface area contributed by atoms with Gasteiger partial charge in [0.1, 0.15) is 5.75 Å². The summed E-state index contributed by atoms with van der Waals surface area (Å²) in [4.78, 5) is 11.1. The highest BCUT2D eigenvalue weighted by atomic mass is 79.9. The van der Waals surface area contributed by atoms with Crippen LogP contribution in [0.25, 0.3) is 0 Å². The van der Waals surface area contributed by atoms with Crippen LogP contribution in [0.4, 0.5) is 0 Å².